The van der Waals surface area contributed by atoms with Crippen molar-refractivity contribution in [2.45, 2.75) is 26.3 Å². The van der Waals surface area contributed by atoms with Gasteiger partial charge in [0.15, 0.2) is 0 Å². The molecule has 0 N–H and O–H groups in total. The first-order valence-corrected chi connectivity index (χ1v) is 5.28. The molecule has 0 amide bonds. The molecule has 0 aliphatic rings. The highest BCUT2D eigenvalue weighted by atomic mass is 16.5. The summed E-state index contributed by atoms with van der Waals surface area (Å²) in [6.45, 7) is 5.58. The van der Waals surface area contributed by atoms with Gasteiger partial charge in [0.2, 0.25) is 6.08 Å². The lowest BCUT2D eigenvalue weighted by atomic mass is 9.93. The summed E-state index contributed by atoms with van der Waals surface area (Å²) < 4.78 is 10.6. The van der Waals surface area contributed by atoms with E-state index in [0.717, 1.165) is 11.1 Å². The number of nitrogens with zero attached hydrogens (tertiary/aromatic N) is 1. The van der Waals surface area contributed by atoms with E-state index in [1.807, 2.05) is 32.9 Å². The normalized spacial score (nSPS) is 10.6. The number of aliphatic imine (C=N–C) groups is 1. The second-order valence-corrected chi connectivity index (χ2v) is 4.27. The monoisotopic (exact) mass is 235 g/mol. The van der Waals surface area contributed by atoms with Crippen molar-refractivity contribution in [3.05, 3.63) is 23.3 Å². The van der Waals surface area contributed by atoms with Crippen LogP contribution in [-0.2, 0) is 10.3 Å². The van der Waals surface area contributed by atoms with Gasteiger partial charge in [-0.1, -0.05) is 0 Å². The number of hydrogen-bond acceptors (Lipinski definition) is 4. The Bertz CT molecular complexity index is 435. The zero-order valence-corrected chi connectivity index (χ0v) is 10.8. The van der Waals surface area contributed by atoms with Crippen LogP contribution in [0.15, 0.2) is 17.1 Å². The summed E-state index contributed by atoms with van der Waals surface area (Å²) in [6.07, 6.45) is 1.59. The molecular weight excluding hydrogens is 218 g/mol. The lowest BCUT2D eigenvalue weighted by Gasteiger charge is -2.21. The average Bonchev–Trinajstić information content (AvgIpc) is 2.29. The first kappa shape index (κ1) is 13.3. The predicted molar refractivity (Wildman–Crippen MR) is 65.4 cm³/mol. The topological polar surface area (TPSA) is 47.9 Å². The molecular formula is C13H17NO3. The van der Waals surface area contributed by atoms with Crippen LogP contribution in [0, 0.1) is 6.92 Å². The summed E-state index contributed by atoms with van der Waals surface area (Å²) in [5, 5.41) is 0. The fourth-order valence-electron chi connectivity index (χ4n) is 1.62. The molecule has 0 heterocycles. The Labute approximate surface area is 101 Å². The summed E-state index contributed by atoms with van der Waals surface area (Å²) in [6, 6.07) is 3.72. The van der Waals surface area contributed by atoms with Crippen molar-refractivity contribution in [1.29, 1.82) is 0 Å². The molecule has 0 aliphatic carbocycles. The molecule has 0 aliphatic heterocycles. The second-order valence-electron chi connectivity index (χ2n) is 4.27. The molecule has 0 atom stereocenters. The molecule has 4 nitrogen and oxygen atoms in total. The van der Waals surface area contributed by atoms with Crippen LogP contribution in [0.2, 0.25) is 0 Å². The molecule has 92 valence electrons. The zero-order chi connectivity index (χ0) is 13.1. The van der Waals surface area contributed by atoms with Crippen LogP contribution in [0.25, 0.3) is 0 Å². The van der Waals surface area contributed by atoms with Gasteiger partial charge in [0, 0.05) is 5.56 Å². The molecule has 0 unspecified atom stereocenters. The van der Waals surface area contributed by atoms with Gasteiger partial charge in [0.05, 0.1) is 19.8 Å². The molecule has 0 bridgehead atoms. The van der Waals surface area contributed by atoms with Crippen LogP contribution in [0.5, 0.6) is 11.5 Å². The highest BCUT2D eigenvalue weighted by Crippen LogP contribution is 2.35. The number of rotatable bonds is 4. The average molecular weight is 235 g/mol. The van der Waals surface area contributed by atoms with Crippen molar-refractivity contribution in [2.24, 2.45) is 4.99 Å². The highest BCUT2D eigenvalue weighted by Gasteiger charge is 2.22. The van der Waals surface area contributed by atoms with Crippen LogP contribution in [0.4, 0.5) is 0 Å². The van der Waals surface area contributed by atoms with Crippen LogP contribution < -0.4 is 9.47 Å². The Kier molecular flexibility index (Phi) is 3.92. The van der Waals surface area contributed by atoms with Gasteiger partial charge in [-0.3, -0.25) is 0 Å². The van der Waals surface area contributed by atoms with Crippen LogP contribution >= 0.6 is 0 Å². The Morgan fingerprint density at radius 3 is 2.00 bits per heavy atom. The quantitative estimate of drug-likeness (QED) is 0.595. The summed E-state index contributed by atoms with van der Waals surface area (Å²) >= 11 is 0. The molecule has 0 spiro atoms. The van der Waals surface area contributed by atoms with E-state index in [1.54, 1.807) is 20.3 Å². The third-order valence-corrected chi connectivity index (χ3v) is 2.78. The SMILES string of the molecule is COc1cc(C(C)(C)N=C=O)cc(OC)c1C. The van der Waals surface area contributed by atoms with E-state index in [0.29, 0.717) is 11.5 Å². The minimum atomic E-state index is -0.643. The molecule has 0 radical (unpaired) electrons. The molecule has 17 heavy (non-hydrogen) atoms. The lowest BCUT2D eigenvalue weighted by Crippen LogP contribution is -2.14. The smallest absolute Gasteiger partial charge is 0.235 e. The molecule has 4 heteroatoms. The highest BCUT2D eigenvalue weighted by molar-refractivity contribution is 5.50. The van der Waals surface area contributed by atoms with E-state index in [1.165, 1.54) is 0 Å². The predicted octanol–water partition coefficient (Wildman–Crippen LogP) is 2.58. The minimum Gasteiger partial charge on any atom is -0.496 e. The first-order chi connectivity index (χ1) is 7.96. The van der Waals surface area contributed by atoms with Crippen LogP contribution in [0.1, 0.15) is 25.0 Å². The van der Waals surface area contributed by atoms with Gasteiger partial charge >= 0.3 is 0 Å². The Morgan fingerprint density at radius 1 is 1.18 bits per heavy atom. The minimum absolute atomic E-state index is 0.643. The van der Waals surface area contributed by atoms with E-state index in [4.69, 9.17) is 9.47 Å². The summed E-state index contributed by atoms with van der Waals surface area (Å²) in [4.78, 5) is 14.2. The number of methoxy groups -OCH3 is 2. The molecule has 0 aromatic heterocycles. The fourth-order valence-corrected chi connectivity index (χ4v) is 1.62. The maximum absolute atomic E-state index is 10.4. The largest absolute Gasteiger partial charge is 0.496 e. The number of isocyanates is 1. The third kappa shape index (κ3) is 2.66. The first-order valence-electron chi connectivity index (χ1n) is 5.28. The Hall–Kier alpha value is -1.80. The molecule has 1 rings (SSSR count). The number of hydrogen-bond donors (Lipinski definition) is 0. The van der Waals surface area contributed by atoms with Gasteiger partial charge < -0.3 is 9.47 Å². The van der Waals surface area contributed by atoms with Crippen molar-refractivity contribution in [3.8, 4) is 11.5 Å². The van der Waals surface area contributed by atoms with Crippen LogP contribution in [0.3, 0.4) is 0 Å². The summed E-state index contributed by atoms with van der Waals surface area (Å²) in [7, 11) is 3.20. The van der Waals surface area contributed by atoms with Gasteiger partial charge in [-0.25, -0.2) is 4.79 Å². The van der Waals surface area contributed by atoms with Crippen molar-refractivity contribution >= 4 is 6.08 Å². The summed E-state index contributed by atoms with van der Waals surface area (Å²) in [5.41, 5.74) is 1.13. The Morgan fingerprint density at radius 2 is 1.65 bits per heavy atom. The number of carbonyl (C=O) groups excluding carboxylic acids is 1. The van der Waals surface area contributed by atoms with Gasteiger partial charge in [0.25, 0.3) is 0 Å². The van der Waals surface area contributed by atoms with Gasteiger partial charge in [-0.05, 0) is 38.5 Å². The zero-order valence-electron chi connectivity index (χ0n) is 10.8. The van der Waals surface area contributed by atoms with E-state index < -0.39 is 5.54 Å². The molecule has 1 aromatic carbocycles. The molecule has 0 saturated heterocycles. The van der Waals surface area contributed by atoms with Crippen molar-refractivity contribution in [3.63, 3.8) is 0 Å². The molecule has 0 saturated carbocycles. The molecule has 1 aromatic rings. The van der Waals surface area contributed by atoms with Gasteiger partial charge in [-0.2, -0.15) is 4.99 Å². The Balaban J connectivity index is 3.40. The van der Waals surface area contributed by atoms with Gasteiger partial charge in [0.1, 0.15) is 11.5 Å². The van der Waals surface area contributed by atoms with Crippen LogP contribution in [-0.4, -0.2) is 20.3 Å². The standard InChI is InChI=1S/C13H17NO3/c1-9-11(16-4)6-10(7-12(9)17-5)13(2,3)14-8-15/h6-7H,1-5H3. The van der Waals surface area contributed by atoms with Crippen molar-refractivity contribution < 1.29 is 14.3 Å². The van der Waals surface area contributed by atoms with Crippen molar-refractivity contribution in [2.75, 3.05) is 14.2 Å². The van der Waals surface area contributed by atoms with Gasteiger partial charge in [-0.15, -0.1) is 0 Å². The fraction of sp³-hybridized carbons (Fsp3) is 0.462. The maximum atomic E-state index is 10.4. The lowest BCUT2D eigenvalue weighted by molar-refractivity contribution is 0.385. The number of ether oxygens (including phenoxy) is 2. The van der Waals surface area contributed by atoms with E-state index in [2.05, 4.69) is 4.99 Å². The van der Waals surface area contributed by atoms with E-state index in [9.17, 15) is 4.79 Å². The molecule has 0 fully saturated rings. The maximum Gasteiger partial charge on any atom is 0.235 e. The number of benzene rings is 1. The van der Waals surface area contributed by atoms with E-state index in [-0.39, 0.29) is 0 Å². The van der Waals surface area contributed by atoms with Crippen molar-refractivity contribution in [1.82, 2.24) is 0 Å². The van der Waals surface area contributed by atoms with E-state index >= 15 is 0 Å². The second kappa shape index (κ2) is 5.02. The summed E-state index contributed by atoms with van der Waals surface area (Å²) in [5.74, 6) is 1.43. The third-order valence-electron chi connectivity index (χ3n) is 2.78.